The lowest BCUT2D eigenvalue weighted by Crippen LogP contribution is -2.34. The van der Waals surface area contributed by atoms with Crippen LogP contribution in [0.5, 0.6) is 0 Å². The van der Waals surface area contributed by atoms with Crippen molar-refractivity contribution in [1.29, 1.82) is 0 Å². The number of rotatable bonds is 2. The Bertz CT molecular complexity index is 965. The molecule has 3 heterocycles. The second-order valence-electron chi connectivity index (χ2n) is 6.10. The Morgan fingerprint density at radius 2 is 1.84 bits per heavy atom. The van der Waals surface area contributed by atoms with Crippen molar-refractivity contribution in [3.63, 3.8) is 0 Å². The van der Waals surface area contributed by atoms with Gasteiger partial charge in [0.25, 0.3) is 5.56 Å². The van der Waals surface area contributed by atoms with E-state index in [2.05, 4.69) is 25.3 Å². The molecule has 2 aromatic heterocycles. The molecule has 128 valence electrons. The quantitative estimate of drug-likeness (QED) is 0.742. The van der Waals surface area contributed by atoms with E-state index in [0.717, 1.165) is 42.8 Å². The summed E-state index contributed by atoms with van der Waals surface area (Å²) in [7, 11) is 0. The molecule has 0 amide bonds. The molecule has 0 spiro atoms. The van der Waals surface area contributed by atoms with Gasteiger partial charge in [-0.05, 0) is 37.1 Å². The van der Waals surface area contributed by atoms with Gasteiger partial charge >= 0.3 is 0 Å². The summed E-state index contributed by atoms with van der Waals surface area (Å²) < 4.78 is 0. The summed E-state index contributed by atoms with van der Waals surface area (Å²) in [6.45, 7) is 1.69. The molecule has 0 saturated carbocycles. The van der Waals surface area contributed by atoms with E-state index >= 15 is 0 Å². The van der Waals surface area contributed by atoms with Crippen LogP contribution in [-0.4, -0.2) is 33.5 Å². The van der Waals surface area contributed by atoms with Crippen LogP contribution in [0.15, 0.2) is 35.1 Å². The number of nitrogens with one attached hydrogen (secondary N) is 1. The predicted octanol–water partition coefficient (Wildman–Crippen LogP) is 3.40. The van der Waals surface area contributed by atoms with Crippen molar-refractivity contribution in [2.75, 3.05) is 18.0 Å². The monoisotopic (exact) mass is 375 g/mol. The molecular weight excluding hydrogens is 361 g/mol. The average molecular weight is 376 g/mol. The number of nitrogens with zero attached hydrogens (tertiary/aromatic N) is 4. The third-order valence-corrected chi connectivity index (χ3v) is 5.04. The molecule has 1 fully saturated rings. The SMILES string of the molecule is O=c1[nH]nc(C2CCN(c3ccc(Cl)nn3)CC2)c2ccc(Cl)cc12. The molecule has 0 atom stereocenters. The lowest BCUT2D eigenvalue weighted by molar-refractivity contribution is 0.491. The minimum absolute atomic E-state index is 0.213. The molecule has 4 rings (SSSR count). The summed E-state index contributed by atoms with van der Waals surface area (Å²) in [5, 5.41) is 17.4. The van der Waals surface area contributed by atoms with Crippen LogP contribution < -0.4 is 10.5 Å². The van der Waals surface area contributed by atoms with Gasteiger partial charge in [-0.3, -0.25) is 4.79 Å². The topological polar surface area (TPSA) is 74.8 Å². The molecule has 0 bridgehead atoms. The fraction of sp³-hybridized carbons (Fsp3) is 0.294. The highest BCUT2D eigenvalue weighted by Gasteiger charge is 2.24. The highest BCUT2D eigenvalue weighted by Crippen LogP contribution is 2.32. The van der Waals surface area contributed by atoms with E-state index in [1.54, 1.807) is 18.2 Å². The first-order valence-electron chi connectivity index (χ1n) is 8.04. The first-order valence-corrected chi connectivity index (χ1v) is 8.79. The number of hydrogen-bond donors (Lipinski definition) is 1. The normalized spacial score (nSPS) is 15.7. The molecule has 6 nitrogen and oxygen atoms in total. The second kappa shape index (κ2) is 6.61. The summed E-state index contributed by atoms with van der Waals surface area (Å²) in [5.41, 5.74) is 0.711. The lowest BCUT2D eigenvalue weighted by Gasteiger charge is -2.32. The third kappa shape index (κ3) is 3.19. The number of H-pyrrole nitrogens is 1. The molecule has 1 aromatic carbocycles. The molecule has 0 aliphatic carbocycles. The summed E-state index contributed by atoms with van der Waals surface area (Å²) in [6.07, 6.45) is 1.84. The van der Waals surface area contributed by atoms with Gasteiger partial charge in [-0.1, -0.05) is 29.3 Å². The molecule has 1 N–H and O–H groups in total. The van der Waals surface area contributed by atoms with Crippen molar-refractivity contribution in [1.82, 2.24) is 20.4 Å². The molecule has 1 aliphatic heterocycles. The molecule has 0 radical (unpaired) electrons. The number of fused-ring (bicyclic) bond motifs is 1. The Hall–Kier alpha value is -2.18. The summed E-state index contributed by atoms with van der Waals surface area (Å²) in [6, 6.07) is 9.00. The van der Waals surface area contributed by atoms with Crippen LogP contribution in [0.4, 0.5) is 5.82 Å². The average Bonchev–Trinajstić information content (AvgIpc) is 2.63. The molecule has 1 saturated heterocycles. The first kappa shape index (κ1) is 16.3. The summed E-state index contributed by atoms with van der Waals surface area (Å²) >= 11 is 11.8. The van der Waals surface area contributed by atoms with E-state index in [4.69, 9.17) is 23.2 Å². The zero-order chi connectivity index (χ0) is 17.4. The number of benzene rings is 1. The summed E-state index contributed by atoms with van der Waals surface area (Å²) in [5.74, 6) is 1.10. The van der Waals surface area contributed by atoms with Crippen molar-refractivity contribution in [3.05, 3.63) is 56.6 Å². The van der Waals surface area contributed by atoms with Crippen LogP contribution in [0.1, 0.15) is 24.5 Å². The van der Waals surface area contributed by atoms with Gasteiger partial charge in [0.2, 0.25) is 0 Å². The second-order valence-corrected chi connectivity index (χ2v) is 6.93. The highest BCUT2D eigenvalue weighted by atomic mass is 35.5. The molecule has 0 unspecified atom stereocenters. The Balaban J connectivity index is 1.59. The Kier molecular flexibility index (Phi) is 4.31. The molecule has 8 heteroatoms. The summed E-state index contributed by atoms with van der Waals surface area (Å²) in [4.78, 5) is 14.2. The molecule has 25 heavy (non-hydrogen) atoms. The van der Waals surface area contributed by atoms with Gasteiger partial charge in [0.15, 0.2) is 11.0 Å². The predicted molar refractivity (Wildman–Crippen MR) is 98.6 cm³/mol. The lowest BCUT2D eigenvalue weighted by atomic mass is 9.90. The number of aromatic amines is 1. The number of aromatic nitrogens is 4. The van der Waals surface area contributed by atoms with Gasteiger partial charge in [-0.25, -0.2) is 5.10 Å². The van der Waals surface area contributed by atoms with Crippen molar-refractivity contribution in [3.8, 4) is 0 Å². The van der Waals surface area contributed by atoms with Gasteiger partial charge < -0.3 is 4.90 Å². The largest absolute Gasteiger partial charge is 0.355 e. The van der Waals surface area contributed by atoms with Crippen LogP contribution in [-0.2, 0) is 0 Å². The van der Waals surface area contributed by atoms with Crippen molar-refractivity contribution < 1.29 is 0 Å². The van der Waals surface area contributed by atoms with E-state index in [9.17, 15) is 4.79 Å². The van der Waals surface area contributed by atoms with Crippen molar-refractivity contribution in [2.45, 2.75) is 18.8 Å². The standard InChI is InChI=1S/C17H15Cl2N5O/c18-11-1-2-12-13(9-11)17(25)23-22-16(12)10-5-7-24(8-6-10)15-4-3-14(19)20-21-15/h1-4,9-10H,5-8H2,(H,23,25). The van der Waals surface area contributed by atoms with Gasteiger partial charge in [0.1, 0.15) is 0 Å². The van der Waals surface area contributed by atoms with E-state index < -0.39 is 0 Å². The zero-order valence-electron chi connectivity index (χ0n) is 13.2. The third-order valence-electron chi connectivity index (χ3n) is 4.60. The van der Waals surface area contributed by atoms with Gasteiger partial charge in [-0.2, -0.15) is 5.10 Å². The Morgan fingerprint density at radius 1 is 1.04 bits per heavy atom. The number of anilines is 1. The molecule has 3 aromatic rings. The minimum atomic E-state index is -0.213. The van der Waals surface area contributed by atoms with E-state index in [0.29, 0.717) is 15.6 Å². The fourth-order valence-corrected chi connectivity index (χ4v) is 3.60. The smallest absolute Gasteiger partial charge is 0.272 e. The van der Waals surface area contributed by atoms with Crippen molar-refractivity contribution >= 4 is 39.8 Å². The maximum Gasteiger partial charge on any atom is 0.272 e. The van der Waals surface area contributed by atoms with Crippen LogP contribution in [0.3, 0.4) is 0 Å². The van der Waals surface area contributed by atoms with Gasteiger partial charge in [0, 0.05) is 29.4 Å². The van der Waals surface area contributed by atoms with Gasteiger partial charge in [-0.15, -0.1) is 10.2 Å². The van der Waals surface area contributed by atoms with E-state index in [1.165, 1.54) is 0 Å². The Morgan fingerprint density at radius 3 is 2.56 bits per heavy atom. The number of halogens is 2. The molecule has 1 aliphatic rings. The van der Waals surface area contributed by atoms with Crippen molar-refractivity contribution in [2.24, 2.45) is 0 Å². The Labute approximate surface area is 153 Å². The number of hydrogen-bond acceptors (Lipinski definition) is 5. The van der Waals surface area contributed by atoms with Crippen LogP contribution in [0.25, 0.3) is 10.8 Å². The maximum atomic E-state index is 12.0. The van der Waals surface area contributed by atoms with Crippen LogP contribution in [0.2, 0.25) is 10.2 Å². The minimum Gasteiger partial charge on any atom is -0.355 e. The van der Waals surface area contributed by atoms with Crippen LogP contribution >= 0.6 is 23.2 Å². The number of piperidine rings is 1. The van der Waals surface area contributed by atoms with E-state index in [-0.39, 0.29) is 11.5 Å². The maximum absolute atomic E-state index is 12.0. The van der Waals surface area contributed by atoms with E-state index in [1.807, 2.05) is 12.1 Å². The first-order chi connectivity index (χ1) is 12.1. The molecular formula is C17H15Cl2N5O. The highest BCUT2D eigenvalue weighted by molar-refractivity contribution is 6.31. The fourth-order valence-electron chi connectivity index (χ4n) is 3.33. The zero-order valence-corrected chi connectivity index (χ0v) is 14.8. The van der Waals surface area contributed by atoms with Gasteiger partial charge in [0.05, 0.1) is 11.1 Å². The van der Waals surface area contributed by atoms with Crippen LogP contribution in [0, 0.1) is 0 Å².